The van der Waals surface area contributed by atoms with Crippen molar-refractivity contribution >= 4 is 21.8 Å². The highest BCUT2D eigenvalue weighted by Crippen LogP contribution is 2.13. The van der Waals surface area contributed by atoms with Gasteiger partial charge in [0.1, 0.15) is 11.5 Å². The lowest BCUT2D eigenvalue weighted by atomic mass is 10.1. The summed E-state index contributed by atoms with van der Waals surface area (Å²) in [7, 11) is 0. The van der Waals surface area contributed by atoms with E-state index in [0.29, 0.717) is 23.1 Å². The molecule has 3 nitrogen and oxygen atoms in total. The van der Waals surface area contributed by atoms with Gasteiger partial charge in [0.15, 0.2) is 0 Å². The van der Waals surface area contributed by atoms with Crippen LogP contribution in [0.4, 0.5) is 4.39 Å². The highest BCUT2D eigenvalue weighted by atomic mass is 79.9. The molecule has 2 aromatic rings. The molecule has 0 aliphatic carbocycles. The molecule has 0 aliphatic rings. The van der Waals surface area contributed by atoms with E-state index in [4.69, 9.17) is 0 Å². The van der Waals surface area contributed by atoms with Crippen LogP contribution in [0.5, 0.6) is 0 Å². The zero-order chi connectivity index (χ0) is 14.5. The summed E-state index contributed by atoms with van der Waals surface area (Å²) in [5.74, 6) is -0.468. The van der Waals surface area contributed by atoms with Gasteiger partial charge in [-0.05, 0) is 64.7 Å². The average molecular weight is 337 g/mol. The van der Waals surface area contributed by atoms with Crippen molar-refractivity contribution in [3.8, 4) is 0 Å². The molecule has 1 aromatic heterocycles. The van der Waals surface area contributed by atoms with Gasteiger partial charge < -0.3 is 5.32 Å². The van der Waals surface area contributed by atoms with E-state index in [2.05, 4.69) is 26.2 Å². The van der Waals surface area contributed by atoms with Crippen molar-refractivity contribution in [2.45, 2.75) is 13.3 Å². The van der Waals surface area contributed by atoms with Crippen LogP contribution in [0.3, 0.4) is 0 Å². The van der Waals surface area contributed by atoms with E-state index in [1.165, 1.54) is 12.1 Å². The number of benzene rings is 1. The van der Waals surface area contributed by atoms with Gasteiger partial charge in [0.05, 0.1) is 0 Å². The summed E-state index contributed by atoms with van der Waals surface area (Å²) in [4.78, 5) is 16.0. The Morgan fingerprint density at radius 3 is 2.90 bits per heavy atom. The molecule has 1 N–H and O–H groups in total. The Hall–Kier alpha value is -1.75. The molecule has 0 saturated carbocycles. The minimum atomic E-state index is -0.243. The van der Waals surface area contributed by atoms with Crippen molar-refractivity contribution in [2.24, 2.45) is 0 Å². The Balaban J connectivity index is 1.93. The number of pyridine rings is 1. The molecule has 1 aromatic carbocycles. The van der Waals surface area contributed by atoms with Crippen LogP contribution in [-0.2, 0) is 6.42 Å². The van der Waals surface area contributed by atoms with Crippen LogP contribution in [0.1, 0.15) is 21.6 Å². The topological polar surface area (TPSA) is 42.0 Å². The fourth-order valence-electron chi connectivity index (χ4n) is 1.89. The predicted octanol–water partition coefficient (Wildman–Crippen LogP) is 3.26. The van der Waals surface area contributed by atoms with Crippen LogP contribution in [0.25, 0.3) is 0 Å². The molecule has 0 spiro atoms. The highest BCUT2D eigenvalue weighted by Gasteiger charge is 2.10. The Bertz CT molecular complexity index is 631. The second kappa shape index (κ2) is 6.61. The number of carbonyl (C=O) groups excluding carboxylic acids is 1. The largest absolute Gasteiger partial charge is 0.350 e. The summed E-state index contributed by atoms with van der Waals surface area (Å²) in [6, 6.07) is 8.19. The fourth-order valence-corrected chi connectivity index (χ4v) is 2.32. The number of carbonyl (C=O) groups is 1. The van der Waals surface area contributed by atoms with Gasteiger partial charge >= 0.3 is 0 Å². The van der Waals surface area contributed by atoms with Crippen LogP contribution in [0.15, 0.2) is 41.0 Å². The number of halogens is 2. The van der Waals surface area contributed by atoms with Gasteiger partial charge in [-0.1, -0.05) is 6.07 Å². The third kappa shape index (κ3) is 3.63. The molecule has 1 heterocycles. The first-order valence-electron chi connectivity index (χ1n) is 6.21. The van der Waals surface area contributed by atoms with Gasteiger partial charge in [-0.2, -0.15) is 0 Å². The molecule has 5 heteroatoms. The molecular weight excluding hydrogens is 323 g/mol. The summed E-state index contributed by atoms with van der Waals surface area (Å²) in [6.07, 6.45) is 2.23. The summed E-state index contributed by atoms with van der Waals surface area (Å²) in [5, 5.41) is 2.80. The highest BCUT2D eigenvalue weighted by molar-refractivity contribution is 9.10. The SMILES string of the molecule is Cc1cc(F)ccc1CCNC(=O)c1ncccc1Br. The van der Waals surface area contributed by atoms with Crippen molar-refractivity contribution in [2.75, 3.05) is 6.54 Å². The summed E-state index contributed by atoms with van der Waals surface area (Å²) >= 11 is 3.29. The number of nitrogens with zero attached hydrogens (tertiary/aromatic N) is 1. The van der Waals surface area contributed by atoms with E-state index in [1.807, 2.05) is 6.92 Å². The summed E-state index contributed by atoms with van der Waals surface area (Å²) in [6.45, 7) is 2.34. The first-order chi connectivity index (χ1) is 9.58. The number of nitrogens with one attached hydrogen (secondary N) is 1. The van der Waals surface area contributed by atoms with E-state index >= 15 is 0 Å². The number of hydrogen-bond acceptors (Lipinski definition) is 2. The third-order valence-corrected chi connectivity index (χ3v) is 3.60. The van der Waals surface area contributed by atoms with Crippen LogP contribution in [0.2, 0.25) is 0 Å². The zero-order valence-electron chi connectivity index (χ0n) is 11.0. The van der Waals surface area contributed by atoms with E-state index in [1.54, 1.807) is 24.4 Å². The second-order valence-corrected chi connectivity index (χ2v) is 5.26. The normalized spacial score (nSPS) is 10.3. The van der Waals surface area contributed by atoms with Crippen LogP contribution >= 0.6 is 15.9 Å². The van der Waals surface area contributed by atoms with Crippen molar-refractivity contribution in [1.82, 2.24) is 10.3 Å². The number of aromatic nitrogens is 1. The van der Waals surface area contributed by atoms with E-state index in [0.717, 1.165) is 11.1 Å². The van der Waals surface area contributed by atoms with Gasteiger partial charge in [-0.25, -0.2) is 9.37 Å². The van der Waals surface area contributed by atoms with Crippen molar-refractivity contribution in [3.05, 3.63) is 63.6 Å². The van der Waals surface area contributed by atoms with E-state index < -0.39 is 0 Å². The Morgan fingerprint density at radius 1 is 1.40 bits per heavy atom. The maximum Gasteiger partial charge on any atom is 0.271 e. The molecule has 0 atom stereocenters. The fraction of sp³-hybridized carbons (Fsp3) is 0.200. The lowest BCUT2D eigenvalue weighted by Crippen LogP contribution is -2.27. The maximum absolute atomic E-state index is 13.0. The zero-order valence-corrected chi connectivity index (χ0v) is 12.6. The maximum atomic E-state index is 13.0. The van der Waals surface area contributed by atoms with Crippen LogP contribution < -0.4 is 5.32 Å². The van der Waals surface area contributed by atoms with Crippen molar-refractivity contribution in [3.63, 3.8) is 0 Å². The number of aryl methyl sites for hydroxylation is 1. The summed E-state index contributed by atoms with van der Waals surface area (Å²) < 4.78 is 13.6. The van der Waals surface area contributed by atoms with Crippen molar-refractivity contribution < 1.29 is 9.18 Å². The third-order valence-electron chi connectivity index (χ3n) is 2.96. The lowest BCUT2D eigenvalue weighted by molar-refractivity contribution is 0.0948. The molecule has 0 bridgehead atoms. The average Bonchev–Trinajstić information content (AvgIpc) is 2.41. The van der Waals surface area contributed by atoms with Gasteiger partial charge in [-0.15, -0.1) is 0 Å². The van der Waals surface area contributed by atoms with E-state index in [-0.39, 0.29) is 11.7 Å². The Labute approximate surface area is 125 Å². The summed E-state index contributed by atoms with van der Waals surface area (Å²) in [5.41, 5.74) is 2.27. The first-order valence-corrected chi connectivity index (χ1v) is 7.01. The lowest BCUT2D eigenvalue weighted by Gasteiger charge is -2.08. The standard InChI is InChI=1S/C15H14BrFN2O/c1-10-9-12(17)5-4-11(10)6-8-19-15(20)14-13(16)3-2-7-18-14/h2-5,7,9H,6,8H2,1H3,(H,19,20). The monoisotopic (exact) mass is 336 g/mol. The minimum absolute atomic E-state index is 0.225. The molecule has 0 aliphatic heterocycles. The molecule has 20 heavy (non-hydrogen) atoms. The molecule has 104 valence electrons. The van der Waals surface area contributed by atoms with Crippen LogP contribution in [-0.4, -0.2) is 17.4 Å². The quantitative estimate of drug-likeness (QED) is 0.931. The van der Waals surface area contributed by atoms with Crippen LogP contribution in [0, 0.1) is 12.7 Å². The van der Waals surface area contributed by atoms with Gasteiger partial charge in [0, 0.05) is 17.2 Å². The number of hydrogen-bond donors (Lipinski definition) is 1. The van der Waals surface area contributed by atoms with E-state index in [9.17, 15) is 9.18 Å². The molecule has 0 fully saturated rings. The van der Waals surface area contributed by atoms with Crippen molar-refractivity contribution in [1.29, 1.82) is 0 Å². The predicted molar refractivity (Wildman–Crippen MR) is 79.1 cm³/mol. The molecular formula is C15H14BrFN2O. The molecule has 0 radical (unpaired) electrons. The van der Waals surface area contributed by atoms with Gasteiger partial charge in [0.25, 0.3) is 5.91 Å². The van der Waals surface area contributed by atoms with Gasteiger partial charge in [-0.3, -0.25) is 4.79 Å². The Kier molecular flexibility index (Phi) is 4.84. The number of rotatable bonds is 4. The Morgan fingerprint density at radius 2 is 2.20 bits per heavy atom. The molecule has 0 saturated heterocycles. The second-order valence-electron chi connectivity index (χ2n) is 4.41. The smallest absolute Gasteiger partial charge is 0.271 e. The van der Waals surface area contributed by atoms with Gasteiger partial charge in [0.2, 0.25) is 0 Å². The molecule has 1 amide bonds. The molecule has 2 rings (SSSR count). The first kappa shape index (κ1) is 14.7. The number of amides is 1. The molecule has 0 unspecified atom stereocenters. The minimum Gasteiger partial charge on any atom is -0.350 e.